The minimum atomic E-state index is -3.45. The highest BCUT2D eigenvalue weighted by atomic mass is 32.2. The quantitative estimate of drug-likeness (QED) is 0.790. The molecule has 1 amide bonds. The molecule has 1 aromatic rings. The zero-order valence-electron chi connectivity index (χ0n) is 12.4. The maximum atomic E-state index is 12.5. The van der Waals surface area contributed by atoms with Gasteiger partial charge in [0, 0.05) is 26.2 Å². The number of sulfonamides is 1. The lowest BCUT2D eigenvalue weighted by Gasteiger charge is -2.34. The first-order valence-corrected chi connectivity index (χ1v) is 8.33. The van der Waals surface area contributed by atoms with Crippen molar-refractivity contribution >= 4 is 15.9 Å². The van der Waals surface area contributed by atoms with Gasteiger partial charge in [0.05, 0.1) is 11.4 Å². The van der Waals surface area contributed by atoms with Crippen LogP contribution in [0.5, 0.6) is 0 Å². The number of benzene rings is 1. The van der Waals surface area contributed by atoms with Gasteiger partial charge in [0.2, 0.25) is 15.9 Å². The largest absolute Gasteiger partial charge is 0.339 e. The molecule has 1 aliphatic rings. The standard InChI is InChI=1S/C14H21N3O3S/c1-15(2)12-14(18)16-8-10-17(11-9-16)21(19,20)13-6-4-3-5-7-13/h3-7H,8-12H2,1-2H3. The van der Waals surface area contributed by atoms with Gasteiger partial charge in [-0.3, -0.25) is 4.79 Å². The summed E-state index contributed by atoms with van der Waals surface area (Å²) in [7, 11) is 0.233. The highest BCUT2D eigenvalue weighted by molar-refractivity contribution is 7.89. The van der Waals surface area contributed by atoms with Gasteiger partial charge in [-0.15, -0.1) is 0 Å². The molecule has 6 nitrogen and oxygen atoms in total. The fraction of sp³-hybridized carbons (Fsp3) is 0.500. The van der Waals surface area contributed by atoms with E-state index in [-0.39, 0.29) is 5.91 Å². The normalized spacial score (nSPS) is 17.2. The number of amides is 1. The fourth-order valence-corrected chi connectivity index (χ4v) is 3.73. The monoisotopic (exact) mass is 311 g/mol. The van der Waals surface area contributed by atoms with E-state index < -0.39 is 10.0 Å². The molecule has 2 rings (SSSR count). The van der Waals surface area contributed by atoms with Gasteiger partial charge >= 0.3 is 0 Å². The highest BCUT2D eigenvalue weighted by Gasteiger charge is 2.29. The van der Waals surface area contributed by atoms with Crippen molar-refractivity contribution in [3.63, 3.8) is 0 Å². The first-order valence-electron chi connectivity index (χ1n) is 6.89. The van der Waals surface area contributed by atoms with Crippen molar-refractivity contribution in [3.8, 4) is 0 Å². The van der Waals surface area contributed by atoms with Gasteiger partial charge in [0.15, 0.2) is 0 Å². The summed E-state index contributed by atoms with van der Waals surface area (Å²) >= 11 is 0. The molecule has 0 aromatic heterocycles. The molecule has 0 unspecified atom stereocenters. The molecule has 21 heavy (non-hydrogen) atoms. The molecule has 0 aliphatic carbocycles. The number of carbonyl (C=O) groups excluding carboxylic acids is 1. The lowest BCUT2D eigenvalue weighted by atomic mass is 10.3. The summed E-state index contributed by atoms with van der Waals surface area (Å²) in [6, 6.07) is 8.40. The Balaban J connectivity index is 2.00. The number of piperazine rings is 1. The maximum absolute atomic E-state index is 12.5. The number of hydrogen-bond acceptors (Lipinski definition) is 4. The predicted octanol–water partition coefficient (Wildman–Crippen LogP) is 0.0811. The van der Waals surface area contributed by atoms with E-state index in [1.165, 1.54) is 4.31 Å². The Morgan fingerprint density at radius 1 is 1.10 bits per heavy atom. The number of nitrogens with zero attached hydrogens (tertiary/aromatic N) is 3. The SMILES string of the molecule is CN(C)CC(=O)N1CCN(S(=O)(=O)c2ccccc2)CC1. The van der Waals surface area contributed by atoms with E-state index in [2.05, 4.69) is 0 Å². The second kappa shape index (κ2) is 6.55. The molecular weight excluding hydrogens is 290 g/mol. The van der Waals surface area contributed by atoms with Crippen molar-refractivity contribution in [1.82, 2.24) is 14.1 Å². The van der Waals surface area contributed by atoms with Crippen molar-refractivity contribution < 1.29 is 13.2 Å². The zero-order valence-corrected chi connectivity index (χ0v) is 13.2. The molecule has 1 aromatic carbocycles. The highest BCUT2D eigenvalue weighted by Crippen LogP contribution is 2.17. The van der Waals surface area contributed by atoms with E-state index >= 15 is 0 Å². The third-order valence-corrected chi connectivity index (χ3v) is 5.34. The Kier molecular flexibility index (Phi) is 4.97. The van der Waals surface area contributed by atoms with Crippen molar-refractivity contribution in [1.29, 1.82) is 0 Å². The summed E-state index contributed by atoms with van der Waals surface area (Å²) < 4.78 is 26.4. The molecule has 0 N–H and O–H groups in total. The molecule has 116 valence electrons. The lowest BCUT2D eigenvalue weighted by Crippen LogP contribution is -2.52. The second-order valence-corrected chi connectivity index (χ2v) is 7.27. The molecule has 0 spiro atoms. The van der Waals surface area contributed by atoms with Gasteiger partial charge in [-0.2, -0.15) is 4.31 Å². The molecule has 0 atom stereocenters. The Hall–Kier alpha value is -1.44. The van der Waals surface area contributed by atoms with Crippen LogP contribution >= 0.6 is 0 Å². The summed E-state index contributed by atoms with van der Waals surface area (Å²) in [5.74, 6) is 0.0387. The smallest absolute Gasteiger partial charge is 0.243 e. The number of hydrogen-bond donors (Lipinski definition) is 0. The van der Waals surface area contributed by atoms with Crippen molar-refractivity contribution in [3.05, 3.63) is 30.3 Å². The van der Waals surface area contributed by atoms with E-state index in [4.69, 9.17) is 0 Å². The van der Waals surface area contributed by atoms with Gasteiger partial charge in [0.25, 0.3) is 0 Å². The van der Waals surface area contributed by atoms with E-state index in [1.54, 1.807) is 35.2 Å². The molecule has 7 heteroatoms. The van der Waals surface area contributed by atoms with Crippen LogP contribution in [0.15, 0.2) is 35.2 Å². The van der Waals surface area contributed by atoms with Crippen LogP contribution in [0.1, 0.15) is 0 Å². The Morgan fingerprint density at radius 2 is 1.67 bits per heavy atom. The van der Waals surface area contributed by atoms with Crippen molar-refractivity contribution in [2.45, 2.75) is 4.90 Å². The molecule has 1 saturated heterocycles. The van der Waals surface area contributed by atoms with Crippen LogP contribution in [0.3, 0.4) is 0 Å². The van der Waals surface area contributed by atoms with Crippen LogP contribution in [-0.2, 0) is 14.8 Å². The second-order valence-electron chi connectivity index (χ2n) is 5.34. The van der Waals surface area contributed by atoms with Crippen LogP contribution < -0.4 is 0 Å². The average molecular weight is 311 g/mol. The number of rotatable bonds is 4. The molecule has 0 saturated carbocycles. The van der Waals surface area contributed by atoms with Crippen LogP contribution in [0.4, 0.5) is 0 Å². The van der Waals surface area contributed by atoms with E-state index in [0.29, 0.717) is 37.6 Å². The molecule has 1 aliphatic heterocycles. The fourth-order valence-electron chi connectivity index (χ4n) is 2.29. The van der Waals surface area contributed by atoms with E-state index in [0.717, 1.165) is 0 Å². The van der Waals surface area contributed by atoms with E-state index in [1.807, 2.05) is 19.0 Å². The first-order chi connectivity index (χ1) is 9.91. The third kappa shape index (κ3) is 3.81. The molecule has 1 fully saturated rings. The molecule has 0 radical (unpaired) electrons. The maximum Gasteiger partial charge on any atom is 0.243 e. The summed E-state index contributed by atoms with van der Waals surface area (Å²) in [5.41, 5.74) is 0. The first kappa shape index (κ1) is 15.9. The topological polar surface area (TPSA) is 60.9 Å². The summed E-state index contributed by atoms with van der Waals surface area (Å²) in [5, 5.41) is 0. The number of carbonyl (C=O) groups is 1. The lowest BCUT2D eigenvalue weighted by molar-refractivity contribution is -0.133. The van der Waals surface area contributed by atoms with Gasteiger partial charge in [-0.1, -0.05) is 18.2 Å². The zero-order chi connectivity index (χ0) is 15.5. The molecule has 1 heterocycles. The Morgan fingerprint density at radius 3 is 2.19 bits per heavy atom. The summed E-state index contributed by atoms with van der Waals surface area (Å²) in [6.07, 6.45) is 0. The van der Waals surface area contributed by atoms with Gasteiger partial charge in [-0.25, -0.2) is 8.42 Å². The minimum Gasteiger partial charge on any atom is -0.339 e. The van der Waals surface area contributed by atoms with Crippen LogP contribution in [0.2, 0.25) is 0 Å². The van der Waals surface area contributed by atoms with Crippen molar-refractivity contribution in [2.24, 2.45) is 0 Å². The van der Waals surface area contributed by atoms with Crippen LogP contribution in [-0.4, -0.2) is 75.2 Å². The number of likely N-dealkylation sites (N-methyl/N-ethyl adjacent to an activating group) is 1. The summed E-state index contributed by atoms with van der Waals surface area (Å²) in [4.78, 5) is 15.8. The van der Waals surface area contributed by atoms with Crippen LogP contribution in [0.25, 0.3) is 0 Å². The van der Waals surface area contributed by atoms with E-state index in [9.17, 15) is 13.2 Å². The van der Waals surface area contributed by atoms with Crippen molar-refractivity contribution in [2.75, 3.05) is 46.8 Å². The average Bonchev–Trinajstić information content (AvgIpc) is 2.47. The van der Waals surface area contributed by atoms with Gasteiger partial charge in [0.1, 0.15) is 0 Å². The molecule has 0 bridgehead atoms. The van der Waals surface area contributed by atoms with Crippen LogP contribution in [0, 0.1) is 0 Å². The summed E-state index contributed by atoms with van der Waals surface area (Å²) in [6.45, 7) is 1.93. The third-order valence-electron chi connectivity index (χ3n) is 3.42. The minimum absolute atomic E-state index is 0.0387. The predicted molar refractivity (Wildman–Crippen MR) is 80.3 cm³/mol. The van der Waals surface area contributed by atoms with Gasteiger partial charge in [-0.05, 0) is 26.2 Å². The van der Waals surface area contributed by atoms with Gasteiger partial charge < -0.3 is 9.80 Å². The Bertz CT molecular complexity index is 579. The Labute approximate surface area is 126 Å². The molecular formula is C14H21N3O3S.